The smallest absolute Gasteiger partial charge is 0.131 e. The lowest BCUT2D eigenvalue weighted by molar-refractivity contribution is 0.631. The van der Waals surface area contributed by atoms with E-state index in [1.165, 1.54) is 6.07 Å². The van der Waals surface area contributed by atoms with Gasteiger partial charge in [0, 0.05) is 12.1 Å². The molecule has 0 aliphatic rings. The Kier molecular flexibility index (Phi) is 3.02. The van der Waals surface area contributed by atoms with Crippen molar-refractivity contribution in [3.05, 3.63) is 59.4 Å². The fourth-order valence-corrected chi connectivity index (χ4v) is 1.73. The van der Waals surface area contributed by atoms with Crippen LogP contribution in [0.25, 0.3) is 11.1 Å². The second-order valence-electron chi connectivity index (χ2n) is 3.89. The minimum atomic E-state index is -0.195. The maximum Gasteiger partial charge on any atom is 0.131 e. The minimum absolute atomic E-state index is 0.195. The second kappa shape index (κ2) is 4.45. The molecule has 0 radical (unpaired) electrons. The van der Waals surface area contributed by atoms with Crippen LogP contribution >= 0.6 is 0 Å². The number of halogens is 1. The van der Waals surface area contributed by atoms with Gasteiger partial charge in [-0.2, -0.15) is 0 Å². The zero-order valence-corrected chi connectivity index (χ0v) is 9.20. The average Bonchev–Trinajstić information content (AvgIpc) is 2.32. The molecule has 0 saturated heterocycles. The quantitative estimate of drug-likeness (QED) is 0.817. The molecule has 2 aromatic carbocycles. The maximum atomic E-state index is 13.7. The largest absolute Gasteiger partial charge is 0.326 e. The molecular formula is C14H14FN. The van der Waals surface area contributed by atoms with Crippen LogP contribution in [-0.2, 0) is 6.54 Å². The number of benzene rings is 2. The maximum absolute atomic E-state index is 13.7. The van der Waals surface area contributed by atoms with Gasteiger partial charge in [-0.25, -0.2) is 4.39 Å². The molecule has 2 heteroatoms. The molecule has 0 aliphatic carbocycles. The van der Waals surface area contributed by atoms with Crippen molar-refractivity contribution in [1.29, 1.82) is 0 Å². The summed E-state index contributed by atoms with van der Waals surface area (Å²) in [6.45, 7) is 2.43. The number of hydrogen-bond donors (Lipinski definition) is 1. The Morgan fingerprint density at radius 2 is 1.94 bits per heavy atom. The summed E-state index contributed by atoms with van der Waals surface area (Å²) in [5, 5.41) is 0. The molecule has 0 spiro atoms. The summed E-state index contributed by atoms with van der Waals surface area (Å²) in [5.41, 5.74) is 9.15. The van der Waals surface area contributed by atoms with Gasteiger partial charge in [0.2, 0.25) is 0 Å². The van der Waals surface area contributed by atoms with Crippen LogP contribution in [0.4, 0.5) is 4.39 Å². The van der Waals surface area contributed by atoms with E-state index in [0.29, 0.717) is 12.1 Å². The van der Waals surface area contributed by atoms with E-state index in [9.17, 15) is 4.39 Å². The van der Waals surface area contributed by atoms with Crippen molar-refractivity contribution in [2.24, 2.45) is 5.73 Å². The monoisotopic (exact) mass is 215 g/mol. The van der Waals surface area contributed by atoms with E-state index < -0.39 is 0 Å². The van der Waals surface area contributed by atoms with Crippen LogP contribution in [0.1, 0.15) is 11.1 Å². The Hall–Kier alpha value is -1.67. The molecule has 0 fully saturated rings. The van der Waals surface area contributed by atoms with Gasteiger partial charge in [0.05, 0.1) is 0 Å². The molecule has 1 nitrogen and oxygen atoms in total. The zero-order valence-electron chi connectivity index (χ0n) is 9.20. The van der Waals surface area contributed by atoms with Crippen molar-refractivity contribution >= 4 is 0 Å². The van der Waals surface area contributed by atoms with Crippen LogP contribution in [0, 0.1) is 12.7 Å². The van der Waals surface area contributed by atoms with Crippen molar-refractivity contribution in [2.75, 3.05) is 0 Å². The number of aryl methyl sites for hydroxylation is 1. The molecule has 0 aliphatic heterocycles. The van der Waals surface area contributed by atoms with E-state index in [1.54, 1.807) is 6.07 Å². The van der Waals surface area contributed by atoms with Gasteiger partial charge in [0.25, 0.3) is 0 Å². The van der Waals surface area contributed by atoms with Gasteiger partial charge in [-0.05, 0) is 36.2 Å². The molecule has 16 heavy (non-hydrogen) atoms. The Labute approximate surface area is 94.7 Å². The topological polar surface area (TPSA) is 26.0 Å². The second-order valence-corrected chi connectivity index (χ2v) is 3.89. The van der Waals surface area contributed by atoms with E-state index in [-0.39, 0.29) is 5.82 Å². The van der Waals surface area contributed by atoms with Crippen LogP contribution < -0.4 is 5.73 Å². The normalized spacial score (nSPS) is 10.4. The van der Waals surface area contributed by atoms with Gasteiger partial charge in [-0.3, -0.25) is 0 Å². The van der Waals surface area contributed by atoms with E-state index in [0.717, 1.165) is 16.7 Å². The van der Waals surface area contributed by atoms with Crippen LogP contribution in [0.2, 0.25) is 0 Å². The van der Waals surface area contributed by atoms with Crippen molar-refractivity contribution in [3.8, 4) is 11.1 Å². The molecule has 82 valence electrons. The summed E-state index contributed by atoms with van der Waals surface area (Å²) in [6.07, 6.45) is 0. The summed E-state index contributed by atoms with van der Waals surface area (Å²) in [4.78, 5) is 0. The van der Waals surface area contributed by atoms with Gasteiger partial charge in [0.1, 0.15) is 5.82 Å². The Morgan fingerprint density at radius 3 is 2.69 bits per heavy atom. The van der Waals surface area contributed by atoms with Gasteiger partial charge in [0.15, 0.2) is 0 Å². The minimum Gasteiger partial charge on any atom is -0.326 e. The third-order valence-electron chi connectivity index (χ3n) is 2.60. The molecule has 0 unspecified atom stereocenters. The molecule has 2 rings (SSSR count). The summed E-state index contributed by atoms with van der Waals surface area (Å²) >= 11 is 0. The van der Waals surface area contributed by atoms with Crippen LogP contribution in [0.3, 0.4) is 0 Å². The molecule has 2 aromatic rings. The van der Waals surface area contributed by atoms with Gasteiger partial charge in [-0.15, -0.1) is 0 Å². The zero-order chi connectivity index (χ0) is 11.5. The first-order valence-corrected chi connectivity index (χ1v) is 5.26. The highest BCUT2D eigenvalue weighted by molar-refractivity contribution is 5.65. The Morgan fingerprint density at radius 1 is 1.12 bits per heavy atom. The lowest BCUT2D eigenvalue weighted by atomic mass is 10.0. The Balaban J connectivity index is 2.53. The molecule has 0 saturated carbocycles. The average molecular weight is 215 g/mol. The molecule has 0 heterocycles. The Bertz CT molecular complexity index is 506. The molecule has 0 amide bonds. The molecule has 0 bridgehead atoms. The van der Waals surface area contributed by atoms with Crippen LogP contribution in [-0.4, -0.2) is 0 Å². The van der Waals surface area contributed by atoms with Crippen LogP contribution in [0.15, 0.2) is 42.5 Å². The predicted octanol–water partition coefficient (Wildman–Crippen LogP) is 3.26. The van der Waals surface area contributed by atoms with E-state index >= 15 is 0 Å². The third kappa shape index (κ3) is 2.12. The van der Waals surface area contributed by atoms with Gasteiger partial charge >= 0.3 is 0 Å². The van der Waals surface area contributed by atoms with Gasteiger partial charge < -0.3 is 5.73 Å². The highest BCUT2D eigenvalue weighted by atomic mass is 19.1. The molecular weight excluding hydrogens is 201 g/mol. The summed E-state index contributed by atoms with van der Waals surface area (Å²) in [5.74, 6) is -0.195. The first kappa shape index (κ1) is 10.8. The number of nitrogens with two attached hydrogens (primary N) is 1. The lowest BCUT2D eigenvalue weighted by Gasteiger charge is -2.06. The molecule has 2 N–H and O–H groups in total. The lowest BCUT2D eigenvalue weighted by Crippen LogP contribution is -1.96. The fourth-order valence-electron chi connectivity index (χ4n) is 1.73. The predicted molar refractivity (Wildman–Crippen MR) is 64.5 cm³/mol. The van der Waals surface area contributed by atoms with E-state index in [1.807, 2.05) is 37.3 Å². The van der Waals surface area contributed by atoms with Crippen molar-refractivity contribution < 1.29 is 4.39 Å². The SMILES string of the molecule is Cc1ccc(F)c(-c2cccc(CN)c2)c1. The number of rotatable bonds is 2. The van der Waals surface area contributed by atoms with E-state index in [4.69, 9.17) is 5.73 Å². The first-order valence-electron chi connectivity index (χ1n) is 5.26. The fraction of sp³-hybridized carbons (Fsp3) is 0.143. The van der Waals surface area contributed by atoms with Gasteiger partial charge in [-0.1, -0.05) is 29.8 Å². The standard InChI is InChI=1S/C14H14FN/c1-10-5-6-14(15)13(7-10)12-4-2-3-11(8-12)9-16/h2-8H,9,16H2,1H3. The van der Waals surface area contributed by atoms with Crippen molar-refractivity contribution in [3.63, 3.8) is 0 Å². The highest BCUT2D eigenvalue weighted by Gasteiger charge is 2.05. The number of hydrogen-bond acceptors (Lipinski definition) is 1. The molecule has 0 aromatic heterocycles. The summed E-state index contributed by atoms with van der Waals surface area (Å²) < 4.78 is 13.7. The molecule has 0 atom stereocenters. The van der Waals surface area contributed by atoms with Crippen molar-refractivity contribution in [2.45, 2.75) is 13.5 Å². The highest BCUT2D eigenvalue weighted by Crippen LogP contribution is 2.24. The first-order chi connectivity index (χ1) is 7.70. The summed E-state index contributed by atoms with van der Waals surface area (Å²) in [7, 11) is 0. The van der Waals surface area contributed by atoms with E-state index in [2.05, 4.69) is 0 Å². The summed E-state index contributed by atoms with van der Waals surface area (Å²) in [6, 6.07) is 12.8. The third-order valence-corrected chi connectivity index (χ3v) is 2.60. The van der Waals surface area contributed by atoms with Crippen LogP contribution in [0.5, 0.6) is 0 Å². The van der Waals surface area contributed by atoms with Crippen molar-refractivity contribution in [1.82, 2.24) is 0 Å².